The lowest BCUT2D eigenvalue weighted by molar-refractivity contribution is 0.243. The van der Waals surface area contributed by atoms with Crippen LogP contribution in [-0.4, -0.2) is 22.6 Å². The number of anilines is 1. The van der Waals surface area contributed by atoms with Crippen LogP contribution in [0.15, 0.2) is 24.3 Å². The van der Waals surface area contributed by atoms with Gasteiger partial charge < -0.3 is 10.1 Å². The van der Waals surface area contributed by atoms with Crippen molar-refractivity contribution in [1.29, 1.82) is 0 Å². The number of aryl methyl sites for hydroxylation is 1. The van der Waals surface area contributed by atoms with Gasteiger partial charge in [0.25, 0.3) is 0 Å². The number of thiazole rings is 2. The Labute approximate surface area is 165 Å². The van der Waals surface area contributed by atoms with Crippen LogP contribution in [-0.2, 0) is 0 Å². The number of nitrogens with one attached hydrogen (secondary N) is 2. The number of hydrogen-bond donors (Lipinski definition) is 2. The minimum atomic E-state index is -0.749. The molecule has 0 radical (unpaired) electrons. The van der Waals surface area contributed by atoms with Gasteiger partial charge in [0.2, 0.25) is 0 Å². The molecule has 5 rings (SSSR count). The van der Waals surface area contributed by atoms with Gasteiger partial charge in [-0.2, -0.15) is 0 Å². The van der Waals surface area contributed by atoms with Gasteiger partial charge in [0, 0.05) is 12.1 Å². The predicted octanol–water partition coefficient (Wildman–Crippen LogP) is 4.75. The normalized spacial score (nSPS) is 15.6. The summed E-state index contributed by atoms with van der Waals surface area (Å²) in [6, 6.07) is 4.40. The first-order chi connectivity index (χ1) is 13.5. The number of halogens is 2. The summed E-state index contributed by atoms with van der Waals surface area (Å²) in [6.45, 7) is 1.97. The summed E-state index contributed by atoms with van der Waals surface area (Å²) in [4.78, 5) is 21.3. The highest BCUT2D eigenvalue weighted by Crippen LogP contribution is 2.37. The summed E-state index contributed by atoms with van der Waals surface area (Å²) < 4.78 is 34.6. The maximum absolute atomic E-state index is 14.1. The number of benzene rings is 2. The summed E-state index contributed by atoms with van der Waals surface area (Å²) in [5.74, 6) is -1.37. The molecule has 0 saturated heterocycles. The zero-order valence-electron chi connectivity index (χ0n) is 14.4. The number of fused-ring (bicyclic) bond motifs is 4. The van der Waals surface area contributed by atoms with E-state index < -0.39 is 23.7 Å². The average Bonchev–Trinajstić information content (AvgIpc) is 3.30. The second-order valence-corrected chi connectivity index (χ2v) is 8.48. The number of aromatic nitrogens is 2. The number of urea groups is 1. The number of nitrogens with zero attached hydrogens (tertiary/aromatic N) is 2. The molecule has 1 unspecified atom stereocenters. The molecule has 28 heavy (non-hydrogen) atoms. The Bertz CT molecular complexity index is 1250. The van der Waals surface area contributed by atoms with E-state index in [0.717, 1.165) is 37.6 Å². The van der Waals surface area contributed by atoms with Crippen LogP contribution >= 0.6 is 22.7 Å². The van der Waals surface area contributed by atoms with E-state index in [0.29, 0.717) is 5.13 Å². The van der Waals surface area contributed by atoms with Crippen molar-refractivity contribution in [3.8, 4) is 5.75 Å². The van der Waals surface area contributed by atoms with Crippen molar-refractivity contribution in [2.75, 3.05) is 11.9 Å². The van der Waals surface area contributed by atoms with E-state index in [2.05, 4.69) is 20.6 Å². The van der Waals surface area contributed by atoms with Gasteiger partial charge in [-0.3, -0.25) is 5.32 Å². The van der Waals surface area contributed by atoms with Crippen molar-refractivity contribution in [3.05, 3.63) is 46.5 Å². The minimum absolute atomic E-state index is 0.0315. The summed E-state index contributed by atoms with van der Waals surface area (Å²) in [7, 11) is 0. The van der Waals surface area contributed by atoms with Gasteiger partial charge in [-0.1, -0.05) is 11.3 Å². The molecule has 0 fully saturated rings. The van der Waals surface area contributed by atoms with Crippen LogP contribution in [0.4, 0.5) is 18.7 Å². The fraction of sp³-hybridized carbons (Fsp3) is 0.167. The van der Waals surface area contributed by atoms with Gasteiger partial charge >= 0.3 is 6.03 Å². The lowest BCUT2D eigenvalue weighted by atomic mass is 10.1. The molecule has 6 nitrogen and oxygen atoms in total. The molecular formula is C18H12F2N4O2S2. The van der Waals surface area contributed by atoms with Crippen molar-refractivity contribution in [3.63, 3.8) is 0 Å². The Morgan fingerprint density at radius 2 is 1.93 bits per heavy atom. The number of hydrogen-bond acceptors (Lipinski definition) is 6. The quantitative estimate of drug-likeness (QED) is 0.493. The van der Waals surface area contributed by atoms with Crippen LogP contribution in [0.2, 0.25) is 0 Å². The highest BCUT2D eigenvalue weighted by Gasteiger charge is 2.30. The first kappa shape index (κ1) is 17.3. The average molecular weight is 418 g/mol. The van der Waals surface area contributed by atoms with Crippen LogP contribution in [0.3, 0.4) is 0 Å². The summed E-state index contributed by atoms with van der Waals surface area (Å²) >= 11 is 2.93. The molecule has 142 valence electrons. The molecule has 1 aliphatic heterocycles. The Hall–Kier alpha value is -2.85. The molecular weight excluding hydrogens is 406 g/mol. The lowest BCUT2D eigenvalue weighted by Gasteiger charge is -2.12. The predicted molar refractivity (Wildman–Crippen MR) is 104 cm³/mol. The number of carbonyl (C=O) groups is 1. The lowest BCUT2D eigenvalue weighted by Crippen LogP contribution is -2.33. The van der Waals surface area contributed by atoms with Gasteiger partial charge in [-0.15, -0.1) is 11.3 Å². The summed E-state index contributed by atoms with van der Waals surface area (Å²) in [5, 5.41) is 6.71. The Kier molecular flexibility index (Phi) is 3.91. The molecule has 0 bridgehead atoms. The van der Waals surface area contributed by atoms with Crippen LogP contribution in [0, 0.1) is 18.6 Å². The molecule has 1 atom stereocenters. The van der Waals surface area contributed by atoms with E-state index in [9.17, 15) is 13.6 Å². The highest BCUT2D eigenvalue weighted by atomic mass is 32.1. The Morgan fingerprint density at radius 3 is 2.75 bits per heavy atom. The van der Waals surface area contributed by atoms with Gasteiger partial charge in [0.05, 0.1) is 37.0 Å². The van der Waals surface area contributed by atoms with E-state index >= 15 is 0 Å². The summed E-state index contributed by atoms with van der Waals surface area (Å²) in [6.07, 6.45) is 0. The first-order valence-electron chi connectivity index (χ1n) is 8.34. The van der Waals surface area contributed by atoms with Crippen molar-refractivity contribution in [2.45, 2.75) is 13.0 Å². The van der Waals surface area contributed by atoms with E-state index in [1.165, 1.54) is 11.3 Å². The smallest absolute Gasteiger partial charge is 0.321 e. The van der Waals surface area contributed by atoms with E-state index in [1.807, 2.05) is 19.1 Å². The SMILES string of the molecule is Cc1nc2ccc3nc(NC(=O)NC4COc5cc(F)cc(F)c54)sc3c2s1. The van der Waals surface area contributed by atoms with Crippen molar-refractivity contribution >= 4 is 54.3 Å². The van der Waals surface area contributed by atoms with E-state index in [-0.39, 0.29) is 17.9 Å². The maximum atomic E-state index is 14.1. The van der Waals surface area contributed by atoms with E-state index in [1.54, 1.807) is 11.3 Å². The van der Waals surface area contributed by atoms with Crippen molar-refractivity contribution < 1.29 is 18.3 Å². The van der Waals surface area contributed by atoms with Crippen LogP contribution < -0.4 is 15.4 Å². The molecule has 2 aromatic heterocycles. The Balaban J connectivity index is 1.38. The molecule has 0 aliphatic carbocycles. The molecule has 1 aliphatic rings. The van der Waals surface area contributed by atoms with Gasteiger partial charge in [-0.05, 0) is 19.1 Å². The number of rotatable bonds is 2. The first-order valence-corrected chi connectivity index (χ1v) is 9.97. The van der Waals surface area contributed by atoms with Crippen LogP contribution in [0.1, 0.15) is 16.6 Å². The molecule has 10 heteroatoms. The molecule has 3 heterocycles. The third-order valence-electron chi connectivity index (χ3n) is 4.36. The summed E-state index contributed by atoms with van der Waals surface area (Å²) in [5.41, 5.74) is 1.81. The van der Waals surface area contributed by atoms with Crippen molar-refractivity contribution in [1.82, 2.24) is 15.3 Å². The highest BCUT2D eigenvalue weighted by molar-refractivity contribution is 7.28. The second kappa shape index (κ2) is 6.35. The van der Waals surface area contributed by atoms with Crippen molar-refractivity contribution in [2.24, 2.45) is 0 Å². The third kappa shape index (κ3) is 2.85. The second-order valence-electron chi connectivity index (χ2n) is 6.28. The molecule has 0 spiro atoms. The number of amides is 2. The molecule has 2 N–H and O–H groups in total. The molecule has 4 aromatic rings. The van der Waals surface area contributed by atoms with Gasteiger partial charge in [0.15, 0.2) is 5.13 Å². The molecule has 0 saturated carbocycles. The zero-order chi connectivity index (χ0) is 19.4. The topological polar surface area (TPSA) is 76.1 Å². The largest absolute Gasteiger partial charge is 0.490 e. The molecule has 2 amide bonds. The molecule has 2 aromatic carbocycles. The number of ether oxygens (including phenoxy) is 1. The Morgan fingerprint density at radius 1 is 1.18 bits per heavy atom. The van der Waals surface area contributed by atoms with Gasteiger partial charge in [0.1, 0.15) is 24.0 Å². The fourth-order valence-electron chi connectivity index (χ4n) is 3.22. The number of carbonyl (C=O) groups excluding carboxylic acids is 1. The van der Waals surface area contributed by atoms with Crippen LogP contribution in [0.5, 0.6) is 5.75 Å². The standard InChI is InChI=1S/C18H12F2N4O2S2/c1-7-21-10-2-3-11-16(15(10)27-7)28-18(23-11)24-17(25)22-12-6-26-13-5-8(19)4-9(20)14(12)13/h2-5,12H,6H2,1H3,(H2,22,23,24,25). The fourth-order valence-corrected chi connectivity index (χ4v) is 5.22. The third-order valence-corrected chi connectivity index (χ3v) is 6.49. The monoisotopic (exact) mass is 418 g/mol. The maximum Gasteiger partial charge on any atom is 0.321 e. The van der Waals surface area contributed by atoms with E-state index in [4.69, 9.17) is 4.74 Å². The minimum Gasteiger partial charge on any atom is -0.490 e. The van der Waals surface area contributed by atoms with Crippen LogP contribution in [0.25, 0.3) is 20.4 Å². The zero-order valence-corrected chi connectivity index (χ0v) is 16.0. The van der Waals surface area contributed by atoms with Gasteiger partial charge in [-0.25, -0.2) is 23.5 Å².